The van der Waals surface area contributed by atoms with E-state index in [2.05, 4.69) is 0 Å². The topological polar surface area (TPSA) is 96.5 Å². The second-order valence-corrected chi connectivity index (χ2v) is 8.34. The summed E-state index contributed by atoms with van der Waals surface area (Å²) in [5.74, 6) is 0.929. The summed E-state index contributed by atoms with van der Waals surface area (Å²) in [6, 6.07) is 4.92. The van der Waals surface area contributed by atoms with Crippen LogP contribution >= 0.6 is 0 Å². The Morgan fingerprint density at radius 1 is 1.15 bits per heavy atom. The van der Waals surface area contributed by atoms with E-state index in [0.717, 1.165) is 12.7 Å². The van der Waals surface area contributed by atoms with E-state index < -0.39 is 10.0 Å². The molecule has 2 amide bonds. The van der Waals surface area contributed by atoms with Crippen molar-refractivity contribution >= 4 is 28.0 Å². The van der Waals surface area contributed by atoms with Gasteiger partial charge in [0, 0.05) is 45.2 Å². The van der Waals surface area contributed by atoms with Crippen LogP contribution in [0.5, 0.6) is 11.5 Å². The fraction of sp³-hybridized carbons (Fsp3) is 0.529. The minimum absolute atomic E-state index is 0.0329. The molecule has 3 rings (SSSR count). The predicted molar refractivity (Wildman–Crippen MR) is 98.5 cm³/mol. The van der Waals surface area contributed by atoms with E-state index in [-0.39, 0.29) is 18.9 Å². The zero-order valence-corrected chi connectivity index (χ0v) is 16.0. The molecule has 0 unspecified atom stereocenters. The third kappa shape index (κ3) is 4.62. The summed E-state index contributed by atoms with van der Waals surface area (Å²) >= 11 is 0. The summed E-state index contributed by atoms with van der Waals surface area (Å²) in [7, 11) is -3.57. The number of piperazine rings is 1. The molecule has 1 aromatic carbocycles. The van der Waals surface area contributed by atoms with E-state index in [1.54, 1.807) is 28.0 Å². The standard InChI is InChI=1S/C17H23N3O6S/c1-27(23,24)20(14-2-3-15-16(12-14)26-11-10-25-15)5-4-17(22)19-8-6-18(13-21)7-9-19/h2-3,12-13H,4-11H2,1H3. The molecule has 148 valence electrons. The molecule has 1 aromatic rings. The second kappa shape index (κ2) is 8.03. The molecule has 10 heteroatoms. The second-order valence-electron chi connectivity index (χ2n) is 6.44. The van der Waals surface area contributed by atoms with E-state index in [1.165, 1.54) is 4.31 Å². The van der Waals surface area contributed by atoms with Crippen molar-refractivity contribution in [1.29, 1.82) is 0 Å². The van der Waals surface area contributed by atoms with Crippen molar-refractivity contribution in [3.8, 4) is 11.5 Å². The molecule has 2 heterocycles. The molecule has 2 aliphatic rings. The zero-order valence-electron chi connectivity index (χ0n) is 15.2. The first kappa shape index (κ1) is 19.3. The number of nitrogens with zero attached hydrogens (tertiary/aromatic N) is 3. The van der Waals surface area contributed by atoms with Crippen LogP contribution in [0.15, 0.2) is 18.2 Å². The van der Waals surface area contributed by atoms with Gasteiger partial charge in [0.05, 0.1) is 11.9 Å². The largest absolute Gasteiger partial charge is 0.486 e. The molecule has 1 saturated heterocycles. The Hall–Kier alpha value is -2.49. The molecule has 0 atom stereocenters. The average molecular weight is 397 g/mol. The third-order valence-corrected chi connectivity index (χ3v) is 5.75. The molecule has 0 bridgehead atoms. The summed E-state index contributed by atoms with van der Waals surface area (Å²) in [4.78, 5) is 26.5. The number of anilines is 1. The highest BCUT2D eigenvalue weighted by Crippen LogP contribution is 2.34. The van der Waals surface area contributed by atoms with Gasteiger partial charge in [-0.25, -0.2) is 8.42 Å². The molecule has 0 aromatic heterocycles. The maximum absolute atomic E-state index is 12.4. The number of fused-ring (bicyclic) bond motifs is 1. The van der Waals surface area contributed by atoms with E-state index in [1.807, 2.05) is 0 Å². The summed E-state index contributed by atoms with van der Waals surface area (Å²) in [5.41, 5.74) is 0.431. The molecule has 1 fully saturated rings. The lowest BCUT2D eigenvalue weighted by molar-refractivity contribution is -0.134. The highest BCUT2D eigenvalue weighted by molar-refractivity contribution is 7.92. The van der Waals surface area contributed by atoms with E-state index in [4.69, 9.17) is 9.47 Å². The number of hydrogen-bond acceptors (Lipinski definition) is 6. The van der Waals surface area contributed by atoms with Gasteiger partial charge in [0.2, 0.25) is 22.3 Å². The molecule has 0 aliphatic carbocycles. The first-order chi connectivity index (χ1) is 12.9. The Morgan fingerprint density at radius 3 is 2.44 bits per heavy atom. The number of sulfonamides is 1. The van der Waals surface area contributed by atoms with Gasteiger partial charge in [0.15, 0.2) is 11.5 Å². The quantitative estimate of drug-likeness (QED) is 0.623. The molecule has 0 radical (unpaired) electrons. The molecule has 0 spiro atoms. The summed E-state index contributed by atoms with van der Waals surface area (Å²) < 4.78 is 36.7. The number of carbonyl (C=O) groups excluding carboxylic acids is 2. The first-order valence-electron chi connectivity index (χ1n) is 8.73. The molecule has 0 N–H and O–H groups in total. The van der Waals surface area contributed by atoms with Crippen LogP contribution in [0.25, 0.3) is 0 Å². The van der Waals surface area contributed by atoms with Gasteiger partial charge in [-0.15, -0.1) is 0 Å². The Morgan fingerprint density at radius 2 is 1.81 bits per heavy atom. The molecular formula is C17H23N3O6S. The summed E-state index contributed by atoms with van der Waals surface area (Å²) in [6.45, 7) is 2.79. The van der Waals surface area contributed by atoms with Gasteiger partial charge in [-0.05, 0) is 12.1 Å². The van der Waals surface area contributed by atoms with Gasteiger partial charge >= 0.3 is 0 Å². The summed E-state index contributed by atoms with van der Waals surface area (Å²) in [5, 5.41) is 0. The van der Waals surface area contributed by atoms with Crippen molar-refractivity contribution < 1.29 is 27.5 Å². The summed E-state index contributed by atoms with van der Waals surface area (Å²) in [6.07, 6.45) is 1.94. The van der Waals surface area contributed by atoms with Gasteiger partial charge in [-0.1, -0.05) is 0 Å². The van der Waals surface area contributed by atoms with Crippen molar-refractivity contribution in [2.45, 2.75) is 6.42 Å². The molecule has 27 heavy (non-hydrogen) atoms. The van der Waals surface area contributed by atoms with Crippen LogP contribution in [0.1, 0.15) is 6.42 Å². The van der Waals surface area contributed by atoms with Crippen molar-refractivity contribution in [1.82, 2.24) is 9.80 Å². The maximum atomic E-state index is 12.4. The van der Waals surface area contributed by atoms with E-state index in [9.17, 15) is 18.0 Å². The number of amides is 2. The van der Waals surface area contributed by atoms with Crippen LogP contribution in [-0.2, 0) is 19.6 Å². The molecule has 2 aliphatic heterocycles. The normalized spacial score (nSPS) is 16.8. The monoisotopic (exact) mass is 397 g/mol. The lowest BCUT2D eigenvalue weighted by Gasteiger charge is -2.33. The maximum Gasteiger partial charge on any atom is 0.232 e. The number of ether oxygens (including phenoxy) is 2. The van der Waals surface area contributed by atoms with Gasteiger partial charge < -0.3 is 19.3 Å². The third-order valence-electron chi connectivity index (χ3n) is 4.56. The van der Waals surface area contributed by atoms with E-state index in [0.29, 0.717) is 56.6 Å². The Labute approximate surface area is 158 Å². The predicted octanol–water partition coefficient (Wildman–Crippen LogP) is -0.0855. The highest BCUT2D eigenvalue weighted by atomic mass is 32.2. The van der Waals surface area contributed by atoms with Gasteiger partial charge in [0.1, 0.15) is 13.2 Å². The van der Waals surface area contributed by atoms with Gasteiger partial charge in [0.25, 0.3) is 0 Å². The SMILES string of the molecule is CS(=O)(=O)N(CCC(=O)N1CCN(C=O)CC1)c1ccc2c(c1)OCCO2. The Bertz CT molecular complexity index is 805. The van der Waals surface area contributed by atoms with E-state index >= 15 is 0 Å². The van der Waals surface area contributed by atoms with Crippen LogP contribution in [0, 0.1) is 0 Å². The van der Waals surface area contributed by atoms with Crippen LogP contribution in [0.3, 0.4) is 0 Å². The van der Waals surface area contributed by atoms with Crippen molar-refractivity contribution in [2.24, 2.45) is 0 Å². The van der Waals surface area contributed by atoms with Crippen molar-refractivity contribution in [2.75, 3.05) is 56.5 Å². The van der Waals surface area contributed by atoms with Crippen LogP contribution < -0.4 is 13.8 Å². The fourth-order valence-corrected chi connectivity index (χ4v) is 4.03. The molecule has 0 saturated carbocycles. The first-order valence-corrected chi connectivity index (χ1v) is 10.6. The smallest absolute Gasteiger partial charge is 0.232 e. The van der Waals surface area contributed by atoms with Crippen LogP contribution in [-0.4, -0.2) is 82.7 Å². The number of hydrogen-bond donors (Lipinski definition) is 0. The average Bonchev–Trinajstić information content (AvgIpc) is 2.67. The number of benzene rings is 1. The lowest BCUT2D eigenvalue weighted by atomic mass is 10.2. The molecule has 9 nitrogen and oxygen atoms in total. The van der Waals surface area contributed by atoms with Gasteiger partial charge in [-0.3, -0.25) is 13.9 Å². The van der Waals surface area contributed by atoms with Crippen LogP contribution in [0.4, 0.5) is 5.69 Å². The highest BCUT2D eigenvalue weighted by Gasteiger charge is 2.24. The Balaban J connectivity index is 1.68. The van der Waals surface area contributed by atoms with Crippen molar-refractivity contribution in [3.05, 3.63) is 18.2 Å². The van der Waals surface area contributed by atoms with Crippen LogP contribution in [0.2, 0.25) is 0 Å². The lowest BCUT2D eigenvalue weighted by Crippen LogP contribution is -2.48. The van der Waals surface area contributed by atoms with Crippen molar-refractivity contribution in [3.63, 3.8) is 0 Å². The number of rotatable bonds is 6. The zero-order chi connectivity index (χ0) is 19.4. The molecular weight excluding hydrogens is 374 g/mol. The van der Waals surface area contributed by atoms with Gasteiger partial charge in [-0.2, -0.15) is 0 Å². The minimum Gasteiger partial charge on any atom is -0.486 e. The number of carbonyl (C=O) groups is 2. The minimum atomic E-state index is -3.57. The fourth-order valence-electron chi connectivity index (χ4n) is 3.11. The Kier molecular flexibility index (Phi) is 5.73.